The molecular weight excluding hydrogens is 236 g/mol. The smallest absolute Gasteiger partial charge is 0.125 e. The average molecular weight is 250 g/mol. The number of rotatable bonds is 1. The van der Waals surface area contributed by atoms with Crippen molar-refractivity contribution in [3.63, 3.8) is 0 Å². The highest BCUT2D eigenvalue weighted by Crippen LogP contribution is 2.25. The van der Waals surface area contributed by atoms with Crippen LogP contribution in [0.2, 0.25) is 5.02 Å². The maximum Gasteiger partial charge on any atom is 0.125 e. The fourth-order valence-electron chi connectivity index (χ4n) is 1.91. The van der Waals surface area contributed by atoms with Gasteiger partial charge in [0.25, 0.3) is 0 Å². The van der Waals surface area contributed by atoms with Crippen LogP contribution in [0.3, 0.4) is 0 Å². The summed E-state index contributed by atoms with van der Waals surface area (Å²) in [7, 11) is 0. The van der Waals surface area contributed by atoms with E-state index in [0.717, 1.165) is 18.5 Å². The first-order valence-electron chi connectivity index (χ1n) is 4.95. The lowest BCUT2D eigenvalue weighted by Gasteiger charge is -2.23. The van der Waals surface area contributed by atoms with Crippen molar-refractivity contribution in [3.05, 3.63) is 34.6 Å². The fraction of sp³-hybridized carbons (Fsp3) is 0.455. The normalized spacial score (nSPS) is 20.8. The van der Waals surface area contributed by atoms with Crippen molar-refractivity contribution in [2.24, 2.45) is 0 Å². The Kier molecular flexibility index (Phi) is 4.84. The number of hydrogen-bond acceptors (Lipinski definition) is 1. The van der Waals surface area contributed by atoms with Gasteiger partial charge in [-0.25, -0.2) is 4.39 Å². The highest BCUT2D eigenvalue weighted by atomic mass is 35.5. The van der Waals surface area contributed by atoms with Crippen LogP contribution in [0.5, 0.6) is 0 Å². The number of piperidine rings is 1. The maximum absolute atomic E-state index is 13.1. The summed E-state index contributed by atoms with van der Waals surface area (Å²) in [5.74, 6) is -0.250. The molecule has 2 rings (SSSR count). The molecule has 1 aromatic rings. The van der Waals surface area contributed by atoms with Crippen molar-refractivity contribution in [2.45, 2.75) is 25.3 Å². The molecule has 1 fully saturated rings. The van der Waals surface area contributed by atoms with Crippen LogP contribution in [0, 0.1) is 5.82 Å². The van der Waals surface area contributed by atoms with Gasteiger partial charge in [0.15, 0.2) is 0 Å². The molecule has 1 heterocycles. The number of hydrogen-bond donors (Lipinski definition) is 1. The van der Waals surface area contributed by atoms with Gasteiger partial charge in [0.05, 0.1) is 0 Å². The van der Waals surface area contributed by atoms with Gasteiger partial charge in [-0.2, -0.15) is 0 Å². The molecule has 0 amide bonds. The quantitative estimate of drug-likeness (QED) is 0.801. The Hall–Kier alpha value is -0.310. The second kappa shape index (κ2) is 5.69. The van der Waals surface area contributed by atoms with Gasteiger partial charge in [-0.15, -0.1) is 12.4 Å². The summed E-state index contributed by atoms with van der Waals surface area (Å²) >= 11 is 5.80. The van der Waals surface area contributed by atoms with Crippen LogP contribution in [0.15, 0.2) is 18.2 Å². The topological polar surface area (TPSA) is 12.0 Å². The fourth-order valence-corrected chi connectivity index (χ4v) is 2.14. The SMILES string of the molecule is Cl.Fc1cc(Cl)cc(C2CCCCN2)c1. The molecule has 0 radical (unpaired) electrons. The van der Waals surface area contributed by atoms with Crippen molar-refractivity contribution >= 4 is 24.0 Å². The van der Waals surface area contributed by atoms with E-state index < -0.39 is 0 Å². The Morgan fingerprint density at radius 1 is 1.27 bits per heavy atom. The maximum atomic E-state index is 13.1. The van der Waals surface area contributed by atoms with E-state index in [1.165, 1.54) is 18.9 Å². The first-order valence-corrected chi connectivity index (χ1v) is 5.33. The molecule has 1 N–H and O–H groups in total. The Bertz CT molecular complexity index is 304. The average Bonchev–Trinajstić information content (AvgIpc) is 2.18. The van der Waals surface area contributed by atoms with Crippen molar-refractivity contribution in [2.75, 3.05) is 6.54 Å². The summed E-state index contributed by atoms with van der Waals surface area (Å²) in [5.41, 5.74) is 0.967. The summed E-state index contributed by atoms with van der Waals surface area (Å²) in [6.07, 6.45) is 3.48. The lowest BCUT2D eigenvalue weighted by atomic mass is 9.97. The van der Waals surface area contributed by atoms with E-state index in [0.29, 0.717) is 5.02 Å². The van der Waals surface area contributed by atoms with Crippen LogP contribution < -0.4 is 5.32 Å². The zero-order valence-electron chi connectivity index (χ0n) is 8.30. The van der Waals surface area contributed by atoms with Crippen LogP contribution in [-0.2, 0) is 0 Å². The van der Waals surface area contributed by atoms with E-state index >= 15 is 0 Å². The molecule has 0 bridgehead atoms. The van der Waals surface area contributed by atoms with Crippen LogP contribution in [0.1, 0.15) is 30.9 Å². The standard InChI is InChI=1S/C11H13ClFN.ClH/c12-9-5-8(6-10(13)7-9)11-3-1-2-4-14-11;/h5-7,11,14H,1-4H2;1H. The van der Waals surface area contributed by atoms with Crippen LogP contribution in [0.25, 0.3) is 0 Å². The van der Waals surface area contributed by atoms with Gasteiger partial charge >= 0.3 is 0 Å². The number of halogens is 3. The largest absolute Gasteiger partial charge is 0.310 e. The molecule has 0 saturated carbocycles. The molecular formula is C11H14Cl2FN. The molecule has 0 aromatic heterocycles. The van der Waals surface area contributed by atoms with E-state index in [2.05, 4.69) is 5.32 Å². The van der Waals surface area contributed by atoms with Crippen LogP contribution in [-0.4, -0.2) is 6.54 Å². The molecule has 15 heavy (non-hydrogen) atoms. The lowest BCUT2D eigenvalue weighted by Crippen LogP contribution is -2.26. The molecule has 1 atom stereocenters. The second-order valence-electron chi connectivity index (χ2n) is 3.71. The van der Waals surface area contributed by atoms with Gasteiger partial charge in [0.1, 0.15) is 5.82 Å². The molecule has 1 aliphatic heterocycles. The molecule has 1 nitrogen and oxygen atoms in total. The highest BCUT2D eigenvalue weighted by molar-refractivity contribution is 6.30. The third kappa shape index (κ3) is 3.33. The van der Waals surface area contributed by atoms with E-state index in [1.807, 2.05) is 6.07 Å². The Morgan fingerprint density at radius 2 is 2.07 bits per heavy atom. The zero-order valence-corrected chi connectivity index (χ0v) is 9.87. The highest BCUT2D eigenvalue weighted by Gasteiger charge is 2.15. The molecule has 0 spiro atoms. The molecule has 84 valence electrons. The Balaban J connectivity index is 0.00000112. The Morgan fingerprint density at radius 3 is 2.67 bits per heavy atom. The Labute approximate surface area is 100 Å². The summed E-state index contributed by atoms with van der Waals surface area (Å²) in [5, 5.41) is 3.84. The molecule has 1 unspecified atom stereocenters. The van der Waals surface area contributed by atoms with Crippen molar-refractivity contribution in [1.29, 1.82) is 0 Å². The van der Waals surface area contributed by atoms with E-state index in [-0.39, 0.29) is 24.3 Å². The van der Waals surface area contributed by atoms with E-state index in [4.69, 9.17) is 11.6 Å². The van der Waals surface area contributed by atoms with Gasteiger partial charge in [-0.3, -0.25) is 0 Å². The summed E-state index contributed by atoms with van der Waals surface area (Å²) in [4.78, 5) is 0. The monoisotopic (exact) mass is 249 g/mol. The molecule has 1 aromatic carbocycles. The zero-order chi connectivity index (χ0) is 9.97. The van der Waals surface area contributed by atoms with Gasteiger partial charge in [-0.1, -0.05) is 18.0 Å². The minimum atomic E-state index is -0.250. The molecule has 1 saturated heterocycles. The molecule has 0 aliphatic carbocycles. The predicted molar refractivity (Wildman–Crippen MR) is 63.3 cm³/mol. The van der Waals surface area contributed by atoms with Crippen LogP contribution in [0.4, 0.5) is 4.39 Å². The van der Waals surface area contributed by atoms with E-state index in [1.54, 1.807) is 6.07 Å². The molecule has 4 heteroatoms. The first-order chi connectivity index (χ1) is 6.75. The number of nitrogens with one attached hydrogen (secondary N) is 1. The van der Waals surface area contributed by atoms with Gasteiger partial charge in [0.2, 0.25) is 0 Å². The molecule has 1 aliphatic rings. The minimum Gasteiger partial charge on any atom is -0.310 e. The summed E-state index contributed by atoms with van der Waals surface area (Å²) in [6, 6.07) is 5.02. The van der Waals surface area contributed by atoms with Crippen molar-refractivity contribution < 1.29 is 4.39 Å². The van der Waals surface area contributed by atoms with Gasteiger partial charge in [-0.05, 0) is 43.1 Å². The minimum absolute atomic E-state index is 0. The second-order valence-corrected chi connectivity index (χ2v) is 4.14. The number of benzene rings is 1. The van der Waals surface area contributed by atoms with E-state index in [9.17, 15) is 4.39 Å². The predicted octanol–water partition coefficient (Wildman–Crippen LogP) is 3.72. The lowest BCUT2D eigenvalue weighted by molar-refractivity contribution is 0.411. The summed E-state index contributed by atoms with van der Waals surface area (Å²) < 4.78 is 13.1. The third-order valence-corrected chi connectivity index (χ3v) is 2.82. The van der Waals surface area contributed by atoms with Gasteiger partial charge in [0, 0.05) is 11.1 Å². The van der Waals surface area contributed by atoms with Crippen LogP contribution >= 0.6 is 24.0 Å². The van der Waals surface area contributed by atoms with Gasteiger partial charge < -0.3 is 5.32 Å². The first kappa shape index (κ1) is 12.8. The van der Waals surface area contributed by atoms with Crippen molar-refractivity contribution in [3.8, 4) is 0 Å². The summed E-state index contributed by atoms with van der Waals surface area (Å²) in [6.45, 7) is 1.01. The third-order valence-electron chi connectivity index (χ3n) is 2.60. The van der Waals surface area contributed by atoms with Crippen molar-refractivity contribution in [1.82, 2.24) is 5.32 Å².